The van der Waals surface area contributed by atoms with E-state index in [2.05, 4.69) is 5.32 Å². The summed E-state index contributed by atoms with van der Waals surface area (Å²) in [5.41, 5.74) is 0.737. The van der Waals surface area contributed by atoms with Crippen LogP contribution in [-0.2, 0) is 11.2 Å². The standard InChI is InChI=1S/C12H17NO/c1-10(14)12(2,13-3)9-11-7-5-4-6-8-11/h4-8,13H,9H2,1-3H3/t12-/m1/s1. The molecule has 1 atom stereocenters. The van der Waals surface area contributed by atoms with Gasteiger partial charge in [0, 0.05) is 0 Å². The van der Waals surface area contributed by atoms with Crippen molar-refractivity contribution in [3.05, 3.63) is 35.9 Å². The van der Waals surface area contributed by atoms with E-state index < -0.39 is 5.54 Å². The maximum Gasteiger partial charge on any atom is 0.149 e. The Morgan fingerprint density at radius 1 is 1.36 bits per heavy atom. The molecule has 0 amide bonds. The van der Waals surface area contributed by atoms with Crippen LogP contribution in [-0.4, -0.2) is 18.4 Å². The Kier molecular flexibility index (Phi) is 3.42. The van der Waals surface area contributed by atoms with Gasteiger partial charge in [-0.25, -0.2) is 0 Å². The number of nitrogens with one attached hydrogen (secondary N) is 1. The minimum Gasteiger partial charge on any atom is -0.308 e. The Morgan fingerprint density at radius 2 is 1.93 bits per heavy atom. The van der Waals surface area contributed by atoms with Gasteiger partial charge in [0.25, 0.3) is 0 Å². The summed E-state index contributed by atoms with van der Waals surface area (Å²) >= 11 is 0. The maximum atomic E-state index is 11.4. The van der Waals surface area contributed by atoms with Crippen LogP contribution in [0.5, 0.6) is 0 Å². The van der Waals surface area contributed by atoms with Crippen LogP contribution in [0.25, 0.3) is 0 Å². The number of carbonyl (C=O) groups is 1. The molecule has 0 radical (unpaired) electrons. The molecule has 0 aliphatic carbocycles. The lowest BCUT2D eigenvalue weighted by molar-refractivity contribution is -0.122. The average Bonchev–Trinajstić information content (AvgIpc) is 2.19. The number of hydrogen-bond acceptors (Lipinski definition) is 2. The van der Waals surface area contributed by atoms with Crippen LogP contribution in [0.1, 0.15) is 19.4 Å². The smallest absolute Gasteiger partial charge is 0.149 e. The van der Waals surface area contributed by atoms with Gasteiger partial charge in [0.15, 0.2) is 0 Å². The molecular weight excluding hydrogens is 174 g/mol. The molecule has 0 unspecified atom stereocenters. The first-order chi connectivity index (χ1) is 6.58. The zero-order chi connectivity index (χ0) is 10.6. The van der Waals surface area contributed by atoms with Crippen molar-refractivity contribution in [2.45, 2.75) is 25.8 Å². The van der Waals surface area contributed by atoms with Crippen molar-refractivity contribution in [3.63, 3.8) is 0 Å². The van der Waals surface area contributed by atoms with Gasteiger partial charge in [0.05, 0.1) is 5.54 Å². The molecule has 1 N–H and O–H groups in total. The quantitative estimate of drug-likeness (QED) is 0.786. The summed E-state index contributed by atoms with van der Waals surface area (Å²) in [7, 11) is 1.82. The molecule has 14 heavy (non-hydrogen) atoms. The van der Waals surface area contributed by atoms with Gasteiger partial charge >= 0.3 is 0 Å². The number of likely N-dealkylation sites (N-methyl/N-ethyl adjacent to an activating group) is 1. The molecule has 0 aliphatic rings. The zero-order valence-corrected chi connectivity index (χ0v) is 9.00. The predicted octanol–water partition coefficient (Wildman–Crippen LogP) is 1.80. The van der Waals surface area contributed by atoms with E-state index >= 15 is 0 Å². The number of benzene rings is 1. The molecule has 0 fully saturated rings. The van der Waals surface area contributed by atoms with Crippen molar-refractivity contribution in [2.75, 3.05) is 7.05 Å². The van der Waals surface area contributed by atoms with Crippen molar-refractivity contribution in [1.82, 2.24) is 5.32 Å². The van der Waals surface area contributed by atoms with E-state index in [1.54, 1.807) is 6.92 Å². The van der Waals surface area contributed by atoms with Gasteiger partial charge in [-0.3, -0.25) is 4.79 Å². The summed E-state index contributed by atoms with van der Waals surface area (Å²) in [5.74, 6) is 0.170. The molecular formula is C12H17NO. The monoisotopic (exact) mass is 191 g/mol. The van der Waals surface area contributed by atoms with Crippen LogP contribution in [0.4, 0.5) is 0 Å². The van der Waals surface area contributed by atoms with E-state index in [-0.39, 0.29) is 5.78 Å². The molecule has 0 aromatic heterocycles. The number of hydrogen-bond donors (Lipinski definition) is 1. The van der Waals surface area contributed by atoms with E-state index in [0.717, 1.165) is 6.42 Å². The highest BCUT2D eigenvalue weighted by atomic mass is 16.1. The molecule has 1 rings (SSSR count). The first-order valence-corrected chi connectivity index (χ1v) is 4.82. The fraction of sp³-hybridized carbons (Fsp3) is 0.417. The molecule has 1 aromatic carbocycles. The Balaban J connectivity index is 2.81. The third-order valence-corrected chi connectivity index (χ3v) is 2.73. The molecule has 0 spiro atoms. The Hall–Kier alpha value is -1.15. The second-order valence-corrected chi connectivity index (χ2v) is 3.80. The largest absolute Gasteiger partial charge is 0.308 e. The normalized spacial score (nSPS) is 14.8. The summed E-state index contributed by atoms with van der Waals surface area (Å²) in [5, 5.41) is 3.08. The molecule has 1 aromatic rings. The molecule has 2 heteroatoms. The lowest BCUT2D eigenvalue weighted by Gasteiger charge is -2.26. The minimum atomic E-state index is -0.443. The van der Waals surface area contributed by atoms with Crippen LogP contribution in [0.3, 0.4) is 0 Å². The molecule has 0 saturated heterocycles. The fourth-order valence-corrected chi connectivity index (χ4v) is 1.39. The Labute approximate surface area is 85.3 Å². The Bertz CT molecular complexity index is 307. The molecule has 0 saturated carbocycles. The van der Waals surface area contributed by atoms with Gasteiger partial charge in [-0.1, -0.05) is 30.3 Å². The number of Topliss-reactive ketones (excluding diaryl/α,β-unsaturated/α-hetero) is 1. The summed E-state index contributed by atoms with van der Waals surface area (Å²) < 4.78 is 0. The van der Waals surface area contributed by atoms with Crippen LogP contribution in [0, 0.1) is 0 Å². The lowest BCUT2D eigenvalue weighted by atomic mass is 9.89. The number of rotatable bonds is 4. The summed E-state index contributed by atoms with van der Waals surface area (Å²) in [6, 6.07) is 10.0. The zero-order valence-electron chi connectivity index (χ0n) is 9.00. The highest BCUT2D eigenvalue weighted by Crippen LogP contribution is 2.13. The van der Waals surface area contributed by atoms with E-state index in [4.69, 9.17) is 0 Å². The third kappa shape index (κ3) is 2.42. The van der Waals surface area contributed by atoms with Crippen molar-refractivity contribution in [1.29, 1.82) is 0 Å². The second-order valence-electron chi connectivity index (χ2n) is 3.80. The first-order valence-electron chi connectivity index (χ1n) is 4.82. The van der Waals surface area contributed by atoms with Crippen LogP contribution in [0.15, 0.2) is 30.3 Å². The van der Waals surface area contributed by atoms with Crippen LogP contribution in [0.2, 0.25) is 0 Å². The van der Waals surface area contributed by atoms with Gasteiger partial charge < -0.3 is 5.32 Å². The lowest BCUT2D eigenvalue weighted by Crippen LogP contribution is -2.48. The molecule has 76 valence electrons. The van der Waals surface area contributed by atoms with Gasteiger partial charge in [-0.15, -0.1) is 0 Å². The highest BCUT2D eigenvalue weighted by molar-refractivity contribution is 5.85. The van der Waals surface area contributed by atoms with E-state index in [1.165, 1.54) is 5.56 Å². The average molecular weight is 191 g/mol. The van der Waals surface area contributed by atoms with Gasteiger partial charge in [-0.05, 0) is 32.9 Å². The maximum absolute atomic E-state index is 11.4. The highest BCUT2D eigenvalue weighted by Gasteiger charge is 2.27. The third-order valence-electron chi connectivity index (χ3n) is 2.73. The fourth-order valence-electron chi connectivity index (χ4n) is 1.39. The summed E-state index contributed by atoms with van der Waals surface area (Å²) in [6.45, 7) is 3.56. The summed E-state index contributed by atoms with van der Waals surface area (Å²) in [4.78, 5) is 11.4. The van der Waals surface area contributed by atoms with E-state index in [9.17, 15) is 4.79 Å². The van der Waals surface area contributed by atoms with E-state index in [0.29, 0.717) is 0 Å². The molecule has 0 aliphatic heterocycles. The van der Waals surface area contributed by atoms with E-state index in [1.807, 2.05) is 44.3 Å². The SMILES string of the molecule is CN[C@](C)(Cc1ccccc1)C(C)=O. The predicted molar refractivity (Wildman–Crippen MR) is 58.3 cm³/mol. The minimum absolute atomic E-state index is 0.170. The first kappa shape index (κ1) is 10.9. The number of carbonyl (C=O) groups excluding carboxylic acids is 1. The van der Waals surface area contributed by atoms with Gasteiger partial charge in [0.1, 0.15) is 5.78 Å². The Morgan fingerprint density at radius 3 is 2.36 bits per heavy atom. The molecule has 0 bridgehead atoms. The van der Waals surface area contributed by atoms with Crippen LogP contribution >= 0.6 is 0 Å². The van der Waals surface area contributed by atoms with Crippen molar-refractivity contribution in [2.24, 2.45) is 0 Å². The molecule has 0 heterocycles. The molecule has 2 nitrogen and oxygen atoms in total. The van der Waals surface area contributed by atoms with Gasteiger partial charge in [0.2, 0.25) is 0 Å². The van der Waals surface area contributed by atoms with Crippen LogP contribution < -0.4 is 5.32 Å². The summed E-state index contributed by atoms with van der Waals surface area (Å²) in [6.07, 6.45) is 0.736. The van der Waals surface area contributed by atoms with Crippen molar-refractivity contribution in [3.8, 4) is 0 Å². The topological polar surface area (TPSA) is 29.1 Å². The van der Waals surface area contributed by atoms with Gasteiger partial charge in [-0.2, -0.15) is 0 Å². The second kappa shape index (κ2) is 4.38. The van der Waals surface area contributed by atoms with Crippen molar-refractivity contribution < 1.29 is 4.79 Å². The number of ketones is 1. The van der Waals surface area contributed by atoms with Crippen molar-refractivity contribution >= 4 is 5.78 Å².